The molecule has 1 heterocycles. The number of amides is 2. The van der Waals surface area contributed by atoms with E-state index in [1.54, 1.807) is 17.0 Å². The van der Waals surface area contributed by atoms with Crippen LogP contribution in [-0.2, 0) is 19.6 Å². The first-order chi connectivity index (χ1) is 10.8. The summed E-state index contributed by atoms with van der Waals surface area (Å²) in [7, 11) is -4.01. The Balaban J connectivity index is 2.39. The zero-order valence-electron chi connectivity index (χ0n) is 13.7. The van der Waals surface area contributed by atoms with Crippen molar-refractivity contribution in [1.29, 1.82) is 0 Å². The lowest BCUT2D eigenvalue weighted by Crippen LogP contribution is -2.49. The lowest BCUT2D eigenvalue weighted by atomic mass is 10.2. The smallest absolute Gasteiger partial charge is 0.267 e. The van der Waals surface area contributed by atoms with Gasteiger partial charge in [0.1, 0.15) is 6.04 Å². The van der Waals surface area contributed by atoms with Crippen LogP contribution in [0.5, 0.6) is 0 Å². The summed E-state index contributed by atoms with van der Waals surface area (Å²) in [6, 6.07) is 5.35. The van der Waals surface area contributed by atoms with E-state index in [4.69, 9.17) is 0 Å². The second-order valence-corrected chi connectivity index (χ2v) is 7.39. The molecule has 0 aliphatic carbocycles. The minimum Gasteiger partial charge on any atom is -0.341 e. The normalized spacial score (nSPS) is 18.3. The summed E-state index contributed by atoms with van der Waals surface area (Å²) in [6.07, 6.45) is 0.308. The highest BCUT2D eigenvalue weighted by atomic mass is 32.2. The Bertz CT molecular complexity index is 693. The van der Waals surface area contributed by atoms with Gasteiger partial charge in [0.25, 0.3) is 10.0 Å². The first-order valence-electron chi connectivity index (χ1n) is 7.75. The molecule has 0 saturated carbocycles. The fraction of sp³-hybridized carbons (Fsp3) is 0.500. The van der Waals surface area contributed by atoms with Crippen LogP contribution >= 0.6 is 0 Å². The molecule has 0 unspecified atom stereocenters. The number of likely N-dealkylation sites (N-methyl/N-ethyl adjacent to an activating group) is 1. The molecule has 6 nitrogen and oxygen atoms in total. The predicted molar refractivity (Wildman–Crippen MR) is 86.2 cm³/mol. The molecule has 0 N–H and O–H groups in total. The zero-order valence-corrected chi connectivity index (χ0v) is 14.5. The summed E-state index contributed by atoms with van der Waals surface area (Å²) in [5, 5.41) is 0. The average molecular weight is 338 g/mol. The van der Waals surface area contributed by atoms with Crippen LogP contribution in [0.2, 0.25) is 0 Å². The van der Waals surface area contributed by atoms with Gasteiger partial charge >= 0.3 is 0 Å². The molecule has 7 heteroatoms. The quantitative estimate of drug-likeness (QED) is 0.816. The number of aryl methyl sites for hydroxylation is 1. The van der Waals surface area contributed by atoms with Gasteiger partial charge in [0.2, 0.25) is 11.8 Å². The highest BCUT2D eigenvalue weighted by Gasteiger charge is 2.45. The molecule has 1 fully saturated rings. The Hall–Kier alpha value is -1.89. The minimum atomic E-state index is -4.01. The molecule has 1 aliphatic rings. The average Bonchev–Trinajstić information content (AvgIpc) is 2.91. The number of sulfonamides is 1. The lowest BCUT2D eigenvalue weighted by Gasteiger charge is -2.28. The molecule has 1 aromatic rings. The number of nitrogens with zero attached hydrogens (tertiary/aromatic N) is 2. The largest absolute Gasteiger partial charge is 0.341 e. The third-order valence-electron chi connectivity index (χ3n) is 4.10. The second kappa shape index (κ2) is 6.70. The maximum atomic E-state index is 12.8. The van der Waals surface area contributed by atoms with Gasteiger partial charge in [-0.3, -0.25) is 9.59 Å². The van der Waals surface area contributed by atoms with Gasteiger partial charge in [-0.25, -0.2) is 12.7 Å². The Morgan fingerprint density at radius 3 is 2.30 bits per heavy atom. The number of benzene rings is 1. The first kappa shape index (κ1) is 17.5. The molecule has 1 aliphatic heterocycles. The van der Waals surface area contributed by atoms with Gasteiger partial charge in [-0.1, -0.05) is 17.7 Å². The van der Waals surface area contributed by atoms with Gasteiger partial charge in [0.05, 0.1) is 4.90 Å². The summed E-state index contributed by atoms with van der Waals surface area (Å²) in [4.78, 5) is 26.3. The van der Waals surface area contributed by atoms with Gasteiger partial charge in [-0.15, -0.1) is 0 Å². The zero-order chi connectivity index (χ0) is 17.2. The van der Waals surface area contributed by atoms with E-state index in [2.05, 4.69) is 0 Å². The Morgan fingerprint density at radius 1 is 1.22 bits per heavy atom. The number of hydrogen-bond donors (Lipinski definition) is 0. The van der Waals surface area contributed by atoms with Crippen molar-refractivity contribution in [2.45, 2.75) is 44.6 Å². The SMILES string of the molecule is CCN(CC)C(=O)[C@@H]1CCC(=O)N1S(=O)(=O)c1ccc(C)cc1. The van der Waals surface area contributed by atoms with Crippen molar-refractivity contribution in [1.82, 2.24) is 9.21 Å². The molecule has 0 spiro atoms. The summed E-state index contributed by atoms with van der Waals surface area (Å²) in [5.74, 6) is -0.826. The summed E-state index contributed by atoms with van der Waals surface area (Å²) in [6.45, 7) is 6.48. The summed E-state index contributed by atoms with van der Waals surface area (Å²) < 4.78 is 26.4. The van der Waals surface area contributed by atoms with Crippen LogP contribution in [-0.4, -0.2) is 48.6 Å². The van der Waals surface area contributed by atoms with Crippen LogP contribution in [0.4, 0.5) is 0 Å². The molecule has 2 rings (SSSR count). The number of hydrogen-bond acceptors (Lipinski definition) is 4. The minimum absolute atomic E-state index is 0.0377. The Kier molecular flexibility index (Phi) is 5.09. The van der Waals surface area contributed by atoms with Crippen molar-refractivity contribution >= 4 is 21.8 Å². The van der Waals surface area contributed by atoms with Crippen LogP contribution in [0.3, 0.4) is 0 Å². The molecular formula is C16H22N2O4S. The number of carbonyl (C=O) groups is 2. The molecule has 126 valence electrons. The van der Waals surface area contributed by atoms with Crippen LogP contribution in [0.15, 0.2) is 29.2 Å². The Labute approximate surface area is 137 Å². The van der Waals surface area contributed by atoms with Crippen molar-refractivity contribution in [2.24, 2.45) is 0 Å². The fourth-order valence-corrected chi connectivity index (χ4v) is 4.35. The third-order valence-corrected chi connectivity index (χ3v) is 5.94. The monoisotopic (exact) mass is 338 g/mol. The molecule has 0 radical (unpaired) electrons. The maximum Gasteiger partial charge on any atom is 0.267 e. The maximum absolute atomic E-state index is 12.8. The van der Waals surface area contributed by atoms with Crippen molar-refractivity contribution < 1.29 is 18.0 Å². The van der Waals surface area contributed by atoms with E-state index >= 15 is 0 Å². The molecule has 1 aromatic carbocycles. The molecule has 0 aromatic heterocycles. The fourth-order valence-electron chi connectivity index (χ4n) is 2.76. The van der Waals surface area contributed by atoms with Crippen LogP contribution in [0, 0.1) is 6.92 Å². The third kappa shape index (κ3) is 3.24. The van der Waals surface area contributed by atoms with E-state index in [1.165, 1.54) is 12.1 Å². The topological polar surface area (TPSA) is 74.8 Å². The first-order valence-corrected chi connectivity index (χ1v) is 9.19. The molecule has 1 atom stereocenters. The molecule has 1 saturated heterocycles. The van der Waals surface area contributed by atoms with Crippen LogP contribution < -0.4 is 0 Å². The van der Waals surface area contributed by atoms with E-state index in [0.29, 0.717) is 13.1 Å². The van der Waals surface area contributed by atoms with Crippen molar-refractivity contribution in [3.8, 4) is 0 Å². The molecule has 23 heavy (non-hydrogen) atoms. The summed E-state index contributed by atoms with van der Waals surface area (Å²) >= 11 is 0. The second-order valence-electron chi connectivity index (χ2n) is 5.57. The van der Waals surface area contributed by atoms with Gasteiger partial charge < -0.3 is 4.90 Å². The van der Waals surface area contributed by atoms with E-state index in [-0.39, 0.29) is 23.6 Å². The molecule has 2 amide bonds. The number of carbonyl (C=O) groups excluding carboxylic acids is 2. The highest BCUT2D eigenvalue weighted by Crippen LogP contribution is 2.28. The van der Waals surface area contributed by atoms with Crippen molar-refractivity contribution in [2.75, 3.05) is 13.1 Å². The van der Waals surface area contributed by atoms with E-state index in [0.717, 1.165) is 9.87 Å². The van der Waals surface area contributed by atoms with Gasteiger partial charge in [0.15, 0.2) is 0 Å². The summed E-state index contributed by atoms with van der Waals surface area (Å²) in [5.41, 5.74) is 0.924. The van der Waals surface area contributed by atoms with Gasteiger partial charge in [-0.05, 0) is 39.3 Å². The van der Waals surface area contributed by atoms with Crippen LogP contribution in [0.25, 0.3) is 0 Å². The number of rotatable bonds is 5. The molecular weight excluding hydrogens is 316 g/mol. The predicted octanol–water partition coefficient (Wildman–Crippen LogP) is 1.54. The Morgan fingerprint density at radius 2 is 1.78 bits per heavy atom. The standard InChI is InChI=1S/C16H22N2O4S/c1-4-17(5-2)16(20)14-10-11-15(19)18(14)23(21,22)13-8-6-12(3)7-9-13/h6-9,14H,4-5,10-11H2,1-3H3/t14-/m0/s1. The van der Waals surface area contributed by atoms with E-state index in [1.807, 2.05) is 20.8 Å². The van der Waals surface area contributed by atoms with E-state index in [9.17, 15) is 18.0 Å². The van der Waals surface area contributed by atoms with Gasteiger partial charge in [-0.2, -0.15) is 0 Å². The van der Waals surface area contributed by atoms with Crippen molar-refractivity contribution in [3.63, 3.8) is 0 Å². The van der Waals surface area contributed by atoms with E-state index < -0.39 is 22.0 Å². The van der Waals surface area contributed by atoms with Crippen molar-refractivity contribution in [3.05, 3.63) is 29.8 Å². The lowest BCUT2D eigenvalue weighted by molar-refractivity contribution is -0.137. The van der Waals surface area contributed by atoms with Gasteiger partial charge in [0, 0.05) is 19.5 Å². The van der Waals surface area contributed by atoms with Crippen LogP contribution in [0.1, 0.15) is 32.3 Å². The highest BCUT2D eigenvalue weighted by molar-refractivity contribution is 7.89. The molecule has 0 bridgehead atoms.